The van der Waals surface area contributed by atoms with Crippen molar-refractivity contribution >= 4 is 29.3 Å². The third-order valence-corrected chi connectivity index (χ3v) is 4.77. The summed E-state index contributed by atoms with van der Waals surface area (Å²) in [7, 11) is 0. The highest BCUT2D eigenvalue weighted by Crippen LogP contribution is 2.25. The molecule has 1 aromatic heterocycles. The molecule has 2 heterocycles. The van der Waals surface area contributed by atoms with Crippen LogP contribution in [0.2, 0.25) is 0 Å². The van der Waals surface area contributed by atoms with Crippen LogP contribution in [0.1, 0.15) is 32.7 Å². The fourth-order valence-corrected chi connectivity index (χ4v) is 3.28. The molecule has 0 saturated carbocycles. The molecular formula is C17H25ClN4O2. The number of hydrogen-bond acceptors (Lipinski definition) is 3. The number of rotatable bonds is 3. The van der Waals surface area contributed by atoms with Crippen LogP contribution in [0.4, 0.5) is 0 Å². The molecule has 24 heavy (non-hydrogen) atoms. The van der Waals surface area contributed by atoms with Gasteiger partial charge in [0.25, 0.3) is 0 Å². The number of nitrogens with zero attached hydrogens (tertiary/aromatic N) is 2. The molecule has 1 aliphatic rings. The van der Waals surface area contributed by atoms with Crippen LogP contribution < -0.4 is 11.4 Å². The number of benzene rings is 1. The van der Waals surface area contributed by atoms with E-state index in [4.69, 9.17) is 5.73 Å². The summed E-state index contributed by atoms with van der Waals surface area (Å²) in [5.74, 6) is 0.154. The van der Waals surface area contributed by atoms with Gasteiger partial charge in [-0.25, -0.2) is 4.79 Å². The standard InChI is InChI=1S/C17H24N4O2.ClH/c1-11(2)15(18)16(22)20-9-7-12(8-10-20)21-14-6-4-3-5-13(14)19-17(21)23;/h3-6,11-12,15H,7-10,18H2,1-2H3,(H,19,23);1H. The number of carbonyl (C=O) groups is 1. The number of piperidine rings is 1. The van der Waals surface area contributed by atoms with E-state index in [9.17, 15) is 9.59 Å². The lowest BCUT2D eigenvalue weighted by Gasteiger charge is -2.34. The van der Waals surface area contributed by atoms with Crippen LogP contribution in [0.25, 0.3) is 11.0 Å². The van der Waals surface area contributed by atoms with Crippen LogP contribution in [0.3, 0.4) is 0 Å². The Morgan fingerprint density at radius 1 is 1.25 bits per heavy atom. The van der Waals surface area contributed by atoms with Crippen molar-refractivity contribution in [2.45, 2.75) is 38.8 Å². The van der Waals surface area contributed by atoms with E-state index in [1.807, 2.05) is 47.6 Å². The van der Waals surface area contributed by atoms with Gasteiger partial charge in [-0.15, -0.1) is 12.4 Å². The first-order chi connectivity index (χ1) is 11.0. The zero-order valence-corrected chi connectivity index (χ0v) is 14.9. The fourth-order valence-electron chi connectivity index (χ4n) is 3.28. The highest BCUT2D eigenvalue weighted by Gasteiger charge is 2.29. The Kier molecular flexibility index (Phi) is 5.72. The number of H-pyrrole nitrogens is 1. The number of imidazole rings is 1. The number of fused-ring (bicyclic) bond motifs is 1. The number of nitrogens with two attached hydrogens (primary N) is 1. The number of aromatic amines is 1. The first kappa shape index (κ1) is 18.5. The summed E-state index contributed by atoms with van der Waals surface area (Å²) < 4.78 is 1.83. The number of nitrogens with one attached hydrogen (secondary N) is 1. The van der Waals surface area contributed by atoms with Crippen LogP contribution in [-0.4, -0.2) is 39.5 Å². The topological polar surface area (TPSA) is 84.1 Å². The van der Waals surface area contributed by atoms with Gasteiger partial charge in [0.15, 0.2) is 0 Å². The van der Waals surface area contributed by atoms with Crippen LogP contribution >= 0.6 is 12.4 Å². The highest BCUT2D eigenvalue weighted by atomic mass is 35.5. The number of halogens is 1. The second-order valence-electron chi connectivity index (χ2n) is 6.64. The van der Waals surface area contributed by atoms with Gasteiger partial charge in [0.1, 0.15) is 0 Å². The molecule has 3 rings (SSSR count). The molecule has 0 radical (unpaired) electrons. The molecular weight excluding hydrogens is 328 g/mol. The smallest absolute Gasteiger partial charge is 0.326 e. The third kappa shape index (κ3) is 3.35. The summed E-state index contributed by atoms with van der Waals surface area (Å²) in [6.07, 6.45) is 1.55. The zero-order valence-electron chi connectivity index (χ0n) is 14.1. The lowest BCUT2D eigenvalue weighted by atomic mass is 10.00. The minimum Gasteiger partial charge on any atom is -0.341 e. The Labute approximate surface area is 147 Å². The first-order valence-electron chi connectivity index (χ1n) is 8.22. The lowest BCUT2D eigenvalue weighted by Crippen LogP contribution is -2.49. The maximum absolute atomic E-state index is 12.3. The van der Waals surface area contributed by atoms with Crippen molar-refractivity contribution in [1.29, 1.82) is 0 Å². The van der Waals surface area contributed by atoms with Crippen molar-refractivity contribution in [3.05, 3.63) is 34.7 Å². The fraction of sp³-hybridized carbons (Fsp3) is 0.529. The van der Waals surface area contributed by atoms with Gasteiger partial charge in [-0.2, -0.15) is 0 Å². The van der Waals surface area contributed by atoms with Crippen LogP contribution in [0.5, 0.6) is 0 Å². The molecule has 1 fully saturated rings. The molecule has 0 aliphatic carbocycles. The Morgan fingerprint density at radius 3 is 2.50 bits per heavy atom. The molecule has 6 nitrogen and oxygen atoms in total. The monoisotopic (exact) mass is 352 g/mol. The summed E-state index contributed by atoms with van der Waals surface area (Å²) in [4.78, 5) is 29.3. The Bertz CT molecular complexity index is 759. The second kappa shape index (κ2) is 7.40. The summed E-state index contributed by atoms with van der Waals surface area (Å²) in [5.41, 5.74) is 7.68. The van der Waals surface area contributed by atoms with Crippen LogP contribution in [0, 0.1) is 5.92 Å². The Balaban J connectivity index is 0.00000208. The molecule has 132 valence electrons. The van der Waals surface area contributed by atoms with E-state index in [1.54, 1.807) is 0 Å². The SMILES string of the molecule is CC(C)C(N)C(=O)N1CCC(n2c(=O)[nH]c3ccccc32)CC1.Cl. The summed E-state index contributed by atoms with van der Waals surface area (Å²) in [6.45, 7) is 5.22. The Hall–Kier alpha value is -1.79. The molecule has 1 unspecified atom stereocenters. The molecule has 7 heteroatoms. The van der Waals surface area contributed by atoms with E-state index in [-0.39, 0.29) is 36.0 Å². The van der Waals surface area contributed by atoms with E-state index in [0.29, 0.717) is 13.1 Å². The molecule has 1 amide bonds. The van der Waals surface area contributed by atoms with Crippen molar-refractivity contribution in [2.24, 2.45) is 11.7 Å². The van der Waals surface area contributed by atoms with Gasteiger partial charge in [0.05, 0.1) is 17.1 Å². The number of para-hydroxylation sites is 2. The van der Waals surface area contributed by atoms with E-state index < -0.39 is 6.04 Å². The number of hydrogen-bond donors (Lipinski definition) is 2. The largest absolute Gasteiger partial charge is 0.341 e. The van der Waals surface area contributed by atoms with E-state index in [0.717, 1.165) is 23.9 Å². The molecule has 1 saturated heterocycles. The predicted molar refractivity (Wildman–Crippen MR) is 97.5 cm³/mol. The normalized spacial score (nSPS) is 17.1. The molecule has 1 atom stereocenters. The maximum Gasteiger partial charge on any atom is 0.326 e. The molecule has 1 aromatic carbocycles. The van der Waals surface area contributed by atoms with Crippen molar-refractivity contribution in [1.82, 2.24) is 14.5 Å². The molecule has 1 aliphatic heterocycles. The summed E-state index contributed by atoms with van der Waals surface area (Å²) in [6, 6.07) is 7.40. The quantitative estimate of drug-likeness (QED) is 0.884. The van der Waals surface area contributed by atoms with Gasteiger partial charge in [-0.1, -0.05) is 26.0 Å². The zero-order chi connectivity index (χ0) is 16.6. The lowest BCUT2D eigenvalue weighted by molar-refractivity contribution is -0.134. The number of carbonyl (C=O) groups excluding carboxylic acids is 1. The van der Waals surface area contributed by atoms with Crippen molar-refractivity contribution in [3.8, 4) is 0 Å². The van der Waals surface area contributed by atoms with Gasteiger partial charge in [-0.05, 0) is 30.9 Å². The highest BCUT2D eigenvalue weighted by molar-refractivity contribution is 5.85. The van der Waals surface area contributed by atoms with E-state index >= 15 is 0 Å². The van der Waals surface area contributed by atoms with E-state index in [1.165, 1.54) is 0 Å². The van der Waals surface area contributed by atoms with Crippen molar-refractivity contribution < 1.29 is 4.79 Å². The van der Waals surface area contributed by atoms with Gasteiger partial charge >= 0.3 is 5.69 Å². The average Bonchev–Trinajstić information content (AvgIpc) is 2.89. The summed E-state index contributed by atoms with van der Waals surface area (Å²) >= 11 is 0. The van der Waals surface area contributed by atoms with Crippen LogP contribution in [0.15, 0.2) is 29.1 Å². The number of likely N-dealkylation sites (tertiary alicyclic amines) is 1. The minimum absolute atomic E-state index is 0. The molecule has 2 aromatic rings. The van der Waals surface area contributed by atoms with Crippen molar-refractivity contribution in [3.63, 3.8) is 0 Å². The number of amides is 1. The number of aromatic nitrogens is 2. The summed E-state index contributed by atoms with van der Waals surface area (Å²) in [5, 5.41) is 0. The van der Waals surface area contributed by atoms with Gasteiger partial charge in [-0.3, -0.25) is 9.36 Å². The van der Waals surface area contributed by atoms with Crippen LogP contribution in [-0.2, 0) is 4.79 Å². The molecule has 0 spiro atoms. The van der Waals surface area contributed by atoms with Gasteiger partial charge in [0, 0.05) is 19.1 Å². The van der Waals surface area contributed by atoms with Gasteiger partial charge < -0.3 is 15.6 Å². The Morgan fingerprint density at radius 2 is 1.88 bits per heavy atom. The molecule has 0 bridgehead atoms. The minimum atomic E-state index is -0.442. The predicted octanol–water partition coefficient (Wildman–Crippen LogP) is 1.90. The maximum atomic E-state index is 12.3. The molecule has 3 N–H and O–H groups in total. The third-order valence-electron chi connectivity index (χ3n) is 4.77. The second-order valence-corrected chi connectivity index (χ2v) is 6.64. The van der Waals surface area contributed by atoms with Gasteiger partial charge in [0.2, 0.25) is 5.91 Å². The first-order valence-corrected chi connectivity index (χ1v) is 8.22. The average molecular weight is 353 g/mol. The van der Waals surface area contributed by atoms with Crippen molar-refractivity contribution in [2.75, 3.05) is 13.1 Å². The van der Waals surface area contributed by atoms with E-state index in [2.05, 4.69) is 4.98 Å².